The second kappa shape index (κ2) is 10.2. The highest BCUT2D eigenvalue weighted by atomic mass is 16.5. The number of amides is 1. The number of benzene rings is 2. The summed E-state index contributed by atoms with van der Waals surface area (Å²) in [7, 11) is 1.60. The van der Waals surface area contributed by atoms with Crippen LogP contribution in [0.4, 0.5) is 0 Å². The van der Waals surface area contributed by atoms with Crippen molar-refractivity contribution >= 4 is 11.9 Å². The zero-order chi connectivity index (χ0) is 19.6. The van der Waals surface area contributed by atoms with Crippen molar-refractivity contribution in [2.24, 2.45) is 0 Å². The van der Waals surface area contributed by atoms with Crippen molar-refractivity contribution in [3.63, 3.8) is 0 Å². The Bertz CT molecular complexity index is 757. The molecule has 0 saturated carbocycles. The quantitative estimate of drug-likeness (QED) is 0.686. The summed E-state index contributed by atoms with van der Waals surface area (Å²) in [6.45, 7) is 4.03. The van der Waals surface area contributed by atoms with Gasteiger partial charge in [-0.15, -0.1) is 0 Å². The van der Waals surface area contributed by atoms with Crippen LogP contribution in [-0.4, -0.2) is 31.7 Å². The van der Waals surface area contributed by atoms with Gasteiger partial charge in [0.2, 0.25) is 0 Å². The highest BCUT2D eigenvalue weighted by Crippen LogP contribution is 2.16. The van der Waals surface area contributed by atoms with Crippen LogP contribution in [0.2, 0.25) is 0 Å². The lowest BCUT2D eigenvalue weighted by Crippen LogP contribution is -2.35. The average molecular weight is 371 g/mol. The molecule has 0 aliphatic carbocycles. The number of aryl methyl sites for hydroxylation is 1. The second-order valence-corrected chi connectivity index (χ2v) is 6.06. The van der Waals surface area contributed by atoms with Crippen LogP contribution in [0.25, 0.3) is 0 Å². The Morgan fingerprint density at radius 2 is 1.78 bits per heavy atom. The molecule has 2 aromatic carbocycles. The molecule has 0 saturated heterocycles. The molecule has 0 aliphatic heterocycles. The molecule has 0 unspecified atom stereocenters. The number of methoxy groups -OCH3 is 1. The van der Waals surface area contributed by atoms with E-state index in [1.54, 1.807) is 14.0 Å². The summed E-state index contributed by atoms with van der Waals surface area (Å²) in [6.07, 6.45) is -0.793. The van der Waals surface area contributed by atoms with Crippen LogP contribution >= 0.6 is 0 Å². The number of esters is 1. The topological polar surface area (TPSA) is 73.9 Å². The summed E-state index contributed by atoms with van der Waals surface area (Å²) in [4.78, 5) is 24.0. The summed E-state index contributed by atoms with van der Waals surface area (Å²) in [5, 5.41) is 2.74. The normalized spacial score (nSPS) is 11.4. The van der Waals surface area contributed by atoms with Crippen LogP contribution < -0.4 is 14.8 Å². The molecular weight excluding hydrogens is 346 g/mol. The van der Waals surface area contributed by atoms with Crippen LogP contribution in [0.1, 0.15) is 24.5 Å². The van der Waals surface area contributed by atoms with Gasteiger partial charge in [0.25, 0.3) is 5.91 Å². The average Bonchev–Trinajstić information content (AvgIpc) is 2.68. The molecule has 6 nitrogen and oxygen atoms in total. The Hall–Kier alpha value is -3.02. The first-order valence-electron chi connectivity index (χ1n) is 8.78. The Morgan fingerprint density at radius 3 is 2.44 bits per heavy atom. The van der Waals surface area contributed by atoms with Gasteiger partial charge in [0.1, 0.15) is 11.5 Å². The fraction of sp³-hybridized carbons (Fsp3) is 0.333. The Morgan fingerprint density at radius 1 is 1.07 bits per heavy atom. The first kappa shape index (κ1) is 20.3. The van der Waals surface area contributed by atoms with E-state index in [4.69, 9.17) is 14.2 Å². The lowest BCUT2D eigenvalue weighted by atomic mass is 10.2. The number of rotatable bonds is 9. The molecule has 27 heavy (non-hydrogen) atoms. The van der Waals surface area contributed by atoms with Crippen LogP contribution in [0.5, 0.6) is 11.5 Å². The van der Waals surface area contributed by atoms with E-state index in [2.05, 4.69) is 5.32 Å². The molecule has 0 bridgehead atoms. The van der Waals surface area contributed by atoms with Gasteiger partial charge < -0.3 is 19.5 Å². The maximum atomic E-state index is 12.1. The van der Waals surface area contributed by atoms with Gasteiger partial charge in [0.05, 0.1) is 20.1 Å². The molecular formula is C21H25NO5. The molecule has 0 fully saturated rings. The van der Waals surface area contributed by atoms with Crippen molar-refractivity contribution in [3.05, 3.63) is 59.7 Å². The van der Waals surface area contributed by atoms with Gasteiger partial charge in [0.15, 0.2) is 6.10 Å². The molecule has 2 aromatic rings. The summed E-state index contributed by atoms with van der Waals surface area (Å²) in [5.74, 6) is 0.658. The molecule has 0 radical (unpaired) electrons. The molecule has 0 spiro atoms. The zero-order valence-electron chi connectivity index (χ0n) is 15.9. The third-order valence-electron chi connectivity index (χ3n) is 3.96. The summed E-state index contributed by atoms with van der Waals surface area (Å²) in [6, 6.07) is 14.9. The van der Waals surface area contributed by atoms with Crippen LogP contribution in [-0.2, 0) is 20.9 Å². The van der Waals surface area contributed by atoms with Crippen LogP contribution in [0, 0.1) is 6.92 Å². The van der Waals surface area contributed by atoms with Crippen LogP contribution in [0.3, 0.4) is 0 Å². The summed E-state index contributed by atoms with van der Waals surface area (Å²) < 4.78 is 15.8. The van der Waals surface area contributed by atoms with Gasteiger partial charge >= 0.3 is 5.97 Å². The van der Waals surface area contributed by atoms with Crippen molar-refractivity contribution in [1.82, 2.24) is 5.32 Å². The molecule has 1 amide bonds. The number of carbonyl (C=O) groups is 2. The van der Waals surface area contributed by atoms with Crippen molar-refractivity contribution in [3.8, 4) is 11.5 Å². The molecule has 2 rings (SSSR count). The fourth-order valence-electron chi connectivity index (χ4n) is 2.35. The third kappa shape index (κ3) is 6.66. The predicted octanol–water partition coefficient (Wildman–Crippen LogP) is 3.02. The van der Waals surface area contributed by atoms with Gasteiger partial charge in [-0.2, -0.15) is 0 Å². The fourth-order valence-corrected chi connectivity index (χ4v) is 2.35. The van der Waals surface area contributed by atoms with Crippen molar-refractivity contribution in [2.75, 3.05) is 13.7 Å². The van der Waals surface area contributed by atoms with E-state index in [1.807, 2.05) is 55.5 Å². The van der Waals surface area contributed by atoms with Crippen molar-refractivity contribution < 1.29 is 23.8 Å². The van der Waals surface area contributed by atoms with Crippen LogP contribution in [0.15, 0.2) is 48.5 Å². The van der Waals surface area contributed by atoms with Gasteiger partial charge in [-0.1, -0.05) is 30.3 Å². The molecule has 144 valence electrons. The molecule has 0 heterocycles. The first-order valence-corrected chi connectivity index (χ1v) is 8.78. The third-order valence-corrected chi connectivity index (χ3v) is 3.96. The standard InChI is InChI=1S/C21H25NO5/c1-15-6-4-5-7-19(15)26-13-12-20(23)27-16(2)21(24)22-14-17-8-10-18(25-3)11-9-17/h4-11,16H,12-14H2,1-3H3,(H,22,24)/t16-/m0/s1. The first-order chi connectivity index (χ1) is 13.0. The Labute approximate surface area is 159 Å². The summed E-state index contributed by atoms with van der Waals surface area (Å²) >= 11 is 0. The highest BCUT2D eigenvalue weighted by Gasteiger charge is 2.17. The van der Waals surface area contributed by atoms with Gasteiger partial charge in [0, 0.05) is 6.54 Å². The SMILES string of the molecule is COc1ccc(CNC(=O)[C@H](C)OC(=O)CCOc2ccccc2C)cc1. The molecule has 1 N–H and O–H groups in total. The molecule has 0 aliphatic rings. The number of carbonyl (C=O) groups excluding carboxylic acids is 2. The van der Waals surface area contributed by atoms with Gasteiger partial charge in [-0.3, -0.25) is 9.59 Å². The lowest BCUT2D eigenvalue weighted by molar-refractivity contribution is -0.155. The van der Waals surface area contributed by atoms with E-state index in [1.165, 1.54) is 0 Å². The highest BCUT2D eigenvalue weighted by molar-refractivity contribution is 5.83. The minimum Gasteiger partial charge on any atom is -0.497 e. The van der Waals surface area contributed by atoms with E-state index in [0.29, 0.717) is 6.54 Å². The Kier molecular flexibility index (Phi) is 7.67. The van der Waals surface area contributed by atoms with E-state index in [0.717, 1.165) is 22.6 Å². The smallest absolute Gasteiger partial charge is 0.310 e. The maximum absolute atomic E-state index is 12.1. The number of para-hydroxylation sites is 1. The van der Waals surface area contributed by atoms with Crippen molar-refractivity contribution in [2.45, 2.75) is 32.9 Å². The van der Waals surface area contributed by atoms with Gasteiger partial charge in [-0.25, -0.2) is 0 Å². The van der Waals surface area contributed by atoms with E-state index in [9.17, 15) is 9.59 Å². The maximum Gasteiger partial charge on any atom is 0.310 e. The monoisotopic (exact) mass is 371 g/mol. The van der Waals surface area contributed by atoms with E-state index >= 15 is 0 Å². The predicted molar refractivity (Wildman–Crippen MR) is 102 cm³/mol. The van der Waals surface area contributed by atoms with Crippen molar-refractivity contribution in [1.29, 1.82) is 0 Å². The number of ether oxygens (including phenoxy) is 3. The Balaban J connectivity index is 1.69. The minimum absolute atomic E-state index is 0.0738. The minimum atomic E-state index is -0.866. The molecule has 1 atom stereocenters. The van der Waals surface area contributed by atoms with E-state index < -0.39 is 12.1 Å². The zero-order valence-corrected chi connectivity index (χ0v) is 15.9. The summed E-state index contributed by atoms with van der Waals surface area (Å²) in [5.41, 5.74) is 1.92. The lowest BCUT2D eigenvalue weighted by Gasteiger charge is -2.14. The second-order valence-electron chi connectivity index (χ2n) is 6.06. The number of hydrogen-bond donors (Lipinski definition) is 1. The molecule has 0 aromatic heterocycles. The largest absolute Gasteiger partial charge is 0.497 e. The number of hydrogen-bond acceptors (Lipinski definition) is 5. The molecule has 6 heteroatoms. The van der Waals surface area contributed by atoms with E-state index in [-0.39, 0.29) is 18.9 Å². The van der Waals surface area contributed by atoms with Gasteiger partial charge in [-0.05, 0) is 43.2 Å². The number of nitrogens with one attached hydrogen (secondary N) is 1.